The minimum Gasteiger partial charge on any atom is -0.339 e. The number of fused-ring (bicyclic) bond motifs is 1. The van der Waals surface area contributed by atoms with Crippen LogP contribution in [0.2, 0.25) is 0 Å². The number of nitrogens with one attached hydrogen (secondary N) is 1. The van der Waals surface area contributed by atoms with E-state index < -0.39 is 0 Å². The molecule has 2 aromatic heterocycles. The molecule has 0 spiro atoms. The van der Waals surface area contributed by atoms with Gasteiger partial charge in [-0.15, -0.1) is 0 Å². The van der Waals surface area contributed by atoms with Crippen LogP contribution in [0.4, 0.5) is 0 Å². The fourth-order valence-corrected chi connectivity index (χ4v) is 3.75. The van der Waals surface area contributed by atoms with Crippen LogP contribution in [0.1, 0.15) is 33.6 Å². The number of hydrogen-bond donors (Lipinski definition) is 1. The van der Waals surface area contributed by atoms with Crippen molar-refractivity contribution in [1.82, 2.24) is 19.6 Å². The molecular weight excluding hydrogens is 372 g/mol. The monoisotopic (exact) mass is 392 g/mol. The molecule has 3 aromatic rings. The molecule has 142 valence electrons. The topological polar surface area (TPSA) is 75.2 Å². The Labute approximate surface area is 167 Å². The predicted octanol–water partition coefficient (Wildman–Crippen LogP) is 3.54. The van der Waals surface area contributed by atoms with Gasteiger partial charge in [-0.25, -0.2) is 0 Å². The molecule has 7 heteroatoms. The number of likely N-dealkylation sites (tertiary alicyclic amines) is 1. The maximum Gasteiger partial charge on any atom is 0.261 e. The maximum atomic E-state index is 12.7. The van der Waals surface area contributed by atoms with E-state index in [4.69, 9.17) is 0 Å². The SMILES string of the molecule is CSNC(=O)c1ccc(-c2cncc3ncc(C(=O)N4CCCC4)cc23)cc1. The van der Waals surface area contributed by atoms with Gasteiger partial charge in [-0.1, -0.05) is 24.1 Å². The number of carbonyl (C=O) groups is 2. The molecule has 2 amide bonds. The number of aromatic nitrogens is 2. The lowest BCUT2D eigenvalue weighted by molar-refractivity contribution is 0.0792. The Morgan fingerprint density at radius 2 is 1.79 bits per heavy atom. The van der Waals surface area contributed by atoms with Crippen LogP contribution in [0.25, 0.3) is 22.0 Å². The summed E-state index contributed by atoms with van der Waals surface area (Å²) in [6, 6.07) is 9.24. The van der Waals surface area contributed by atoms with Gasteiger partial charge >= 0.3 is 0 Å². The smallest absolute Gasteiger partial charge is 0.261 e. The van der Waals surface area contributed by atoms with E-state index in [1.54, 1.807) is 30.7 Å². The quantitative estimate of drug-likeness (QED) is 0.688. The van der Waals surface area contributed by atoms with Crippen molar-refractivity contribution in [2.45, 2.75) is 12.8 Å². The molecule has 3 heterocycles. The molecule has 28 heavy (non-hydrogen) atoms. The van der Waals surface area contributed by atoms with Gasteiger partial charge in [0.1, 0.15) is 0 Å². The van der Waals surface area contributed by atoms with E-state index in [1.807, 2.05) is 29.4 Å². The zero-order chi connectivity index (χ0) is 19.5. The fourth-order valence-electron chi connectivity index (χ4n) is 3.45. The summed E-state index contributed by atoms with van der Waals surface area (Å²) in [5.41, 5.74) is 3.73. The van der Waals surface area contributed by atoms with Gasteiger partial charge in [0, 0.05) is 48.3 Å². The van der Waals surface area contributed by atoms with Crippen molar-refractivity contribution in [3.05, 3.63) is 60.0 Å². The summed E-state index contributed by atoms with van der Waals surface area (Å²) in [4.78, 5) is 35.3. The van der Waals surface area contributed by atoms with Crippen molar-refractivity contribution in [2.75, 3.05) is 19.3 Å². The zero-order valence-corrected chi connectivity index (χ0v) is 16.3. The first kappa shape index (κ1) is 18.4. The van der Waals surface area contributed by atoms with E-state index in [-0.39, 0.29) is 11.8 Å². The molecule has 0 aliphatic carbocycles. The zero-order valence-electron chi connectivity index (χ0n) is 15.5. The average molecular weight is 392 g/mol. The number of rotatable bonds is 4. The minimum absolute atomic E-state index is 0.0266. The molecule has 0 bridgehead atoms. The third-order valence-corrected chi connectivity index (χ3v) is 5.29. The Morgan fingerprint density at radius 1 is 1.04 bits per heavy atom. The molecule has 1 saturated heterocycles. The first-order valence-electron chi connectivity index (χ1n) is 9.14. The number of nitrogens with zero attached hydrogens (tertiary/aromatic N) is 3. The second-order valence-corrected chi connectivity index (χ2v) is 7.30. The lowest BCUT2D eigenvalue weighted by Gasteiger charge is -2.15. The van der Waals surface area contributed by atoms with Crippen LogP contribution in [-0.2, 0) is 0 Å². The van der Waals surface area contributed by atoms with Crippen molar-refractivity contribution < 1.29 is 9.59 Å². The lowest BCUT2D eigenvalue weighted by atomic mass is 10.0. The molecule has 0 saturated carbocycles. The number of hydrogen-bond acceptors (Lipinski definition) is 5. The molecule has 0 atom stereocenters. The summed E-state index contributed by atoms with van der Waals surface area (Å²) in [7, 11) is 0. The van der Waals surface area contributed by atoms with Crippen LogP contribution in [-0.4, -0.2) is 46.0 Å². The molecule has 1 aliphatic rings. The van der Waals surface area contributed by atoms with E-state index in [0.29, 0.717) is 11.1 Å². The number of amides is 2. The van der Waals surface area contributed by atoms with Gasteiger partial charge in [0.25, 0.3) is 11.8 Å². The number of pyridine rings is 2. The van der Waals surface area contributed by atoms with E-state index in [1.165, 1.54) is 11.9 Å². The first-order chi connectivity index (χ1) is 13.7. The third kappa shape index (κ3) is 3.57. The highest BCUT2D eigenvalue weighted by Crippen LogP contribution is 2.28. The Hall–Kier alpha value is -2.93. The minimum atomic E-state index is -0.129. The summed E-state index contributed by atoms with van der Waals surface area (Å²) in [6.07, 6.45) is 9.01. The second-order valence-electron chi connectivity index (χ2n) is 6.69. The largest absolute Gasteiger partial charge is 0.339 e. The van der Waals surface area contributed by atoms with Crippen molar-refractivity contribution in [3.8, 4) is 11.1 Å². The molecule has 1 N–H and O–H groups in total. The molecule has 1 aromatic carbocycles. The lowest BCUT2D eigenvalue weighted by Crippen LogP contribution is -2.27. The Morgan fingerprint density at radius 3 is 2.50 bits per heavy atom. The third-order valence-electron chi connectivity index (χ3n) is 4.90. The van der Waals surface area contributed by atoms with Gasteiger partial charge < -0.3 is 4.90 Å². The average Bonchev–Trinajstić information content (AvgIpc) is 3.27. The van der Waals surface area contributed by atoms with Crippen LogP contribution in [0.3, 0.4) is 0 Å². The highest BCUT2D eigenvalue weighted by Gasteiger charge is 2.20. The van der Waals surface area contributed by atoms with Crippen LogP contribution < -0.4 is 4.72 Å². The molecule has 1 aliphatic heterocycles. The number of benzene rings is 1. The van der Waals surface area contributed by atoms with Gasteiger partial charge in [-0.2, -0.15) is 0 Å². The van der Waals surface area contributed by atoms with Gasteiger partial charge in [0.05, 0.1) is 17.3 Å². The van der Waals surface area contributed by atoms with Gasteiger partial charge in [-0.05, 0) is 36.6 Å². The molecule has 1 fully saturated rings. The number of carbonyl (C=O) groups excluding carboxylic acids is 2. The van der Waals surface area contributed by atoms with E-state index in [2.05, 4.69) is 14.7 Å². The maximum absolute atomic E-state index is 12.7. The van der Waals surface area contributed by atoms with Crippen LogP contribution in [0.5, 0.6) is 0 Å². The summed E-state index contributed by atoms with van der Waals surface area (Å²) in [6.45, 7) is 1.61. The van der Waals surface area contributed by atoms with Crippen molar-refractivity contribution in [3.63, 3.8) is 0 Å². The second kappa shape index (κ2) is 7.98. The van der Waals surface area contributed by atoms with Gasteiger partial charge in [0.2, 0.25) is 0 Å². The van der Waals surface area contributed by atoms with Crippen LogP contribution in [0.15, 0.2) is 48.9 Å². The van der Waals surface area contributed by atoms with Crippen molar-refractivity contribution >= 4 is 34.7 Å². The van der Waals surface area contributed by atoms with Crippen molar-refractivity contribution in [1.29, 1.82) is 0 Å². The highest BCUT2D eigenvalue weighted by molar-refractivity contribution is 7.97. The van der Waals surface area contributed by atoms with Crippen LogP contribution in [0, 0.1) is 0 Å². The van der Waals surface area contributed by atoms with E-state index >= 15 is 0 Å². The molecule has 0 radical (unpaired) electrons. The molecule has 0 unspecified atom stereocenters. The van der Waals surface area contributed by atoms with E-state index in [0.717, 1.165) is 48.0 Å². The highest BCUT2D eigenvalue weighted by atomic mass is 32.2. The summed E-state index contributed by atoms with van der Waals surface area (Å²) in [5.74, 6) is -0.103. The fraction of sp³-hybridized carbons (Fsp3) is 0.238. The van der Waals surface area contributed by atoms with Gasteiger partial charge in [0.15, 0.2) is 0 Å². The predicted molar refractivity (Wildman–Crippen MR) is 111 cm³/mol. The normalized spacial score (nSPS) is 13.7. The molecule has 6 nitrogen and oxygen atoms in total. The summed E-state index contributed by atoms with van der Waals surface area (Å²) in [5, 5.41) is 0.876. The van der Waals surface area contributed by atoms with E-state index in [9.17, 15) is 9.59 Å². The van der Waals surface area contributed by atoms with Crippen molar-refractivity contribution in [2.24, 2.45) is 0 Å². The summed E-state index contributed by atoms with van der Waals surface area (Å²) >= 11 is 1.27. The first-order valence-corrected chi connectivity index (χ1v) is 10.4. The molecule has 4 rings (SSSR count). The Kier molecular flexibility index (Phi) is 5.25. The Bertz CT molecular complexity index is 1030. The molecular formula is C21H20N4O2S. The van der Waals surface area contributed by atoms with Gasteiger partial charge in [-0.3, -0.25) is 24.3 Å². The standard InChI is InChI=1S/C21H20N4O2S/c1-28-24-20(26)15-6-4-14(5-7-15)18-12-22-13-19-17(18)10-16(11-23-19)21(27)25-8-2-3-9-25/h4-7,10-13H,2-3,8-9H2,1H3,(H,24,26). The summed E-state index contributed by atoms with van der Waals surface area (Å²) < 4.78 is 2.71. The Balaban J connectivity index is 1.71. The van der Waals surface area contributed by atoms with Crippen LogP contribution >= 0.6 is 11.9 Å².